The molecule has 0 aliphatic carbocycles. The minimum absolute atomic E-state index is 0.0872. The lowest BCUT2D eigenvalue weighted by Gasteiger charge is -2.18. The van der Waals surface area contributed by atoms with Crippen LogP contribution < -0.4 is 0 Å². The number of ether oxygens (including phenoxy) is 3. The van der Waals surface area contributed by atoms with Gasteiger partial charge in [0.05, 0.1) is 0 Å². The third kappa shape index (κ3) is 52.6. The first-order valence-corrected chi connectivity index (χ1v) is 29.0. The van der Waals surface area contributed by atoms with Crippen molar-refractivity contribution in [3.63, 3.8) is 0 Å². The third-order valence-corrected chi connectivity index (χ3v) is 12.9. The average molecular weight is 928 g/mol. The van der Waals surface area contributed by atoms with Crippen LogP contribution in [0.1, 0.15) is 310 Å². The van der Waals surface area contributed by atoms with Crippen LogP contribution in [0.2, 0.25) is 0 Å². The van der Waals surface area contributed by atoms with E-state index in [1.165, 1.54) is 212 Å². The fourth-order valence-electron chi connectivity index (χ4n) is 8.49. The number of carbonyl (C=O) groups is 3. The minimum atomic E-state index is -0.794. The lowest BCUT2D eigenvalue weighted by atomic mass is 10.0. The van der Waals surface area contributed by atoms with Gasteiger partial charge in [0.1, 0.15) is 13.2 Å². The number of hydrogen-bond acceptors (Lipinski definition) is 6. The van der Waals surface area contributed by atoms with E-state index in [-0.39, 0.29) is 37.5 Å². The number of carbonyl (C=O) groups excluding carboxylic acids is 3. The van der Waals surface area contributed by atoms with E-state index in [4.69, 9.17) is 14.2 Å². The molecule has 0 fully saturated rings. The highest BCUT2D eigenvalue weighted by Crippen LogP contribution is 2.16. The summed E-state index contributed by atoms with van der Waals surface area (Å²) in [5.74, 6) is -0.946. The van der Waals surface area contributed by atoms with Gasteiger partial charge in [-0.15, -0.1) is 0 Å². The molecule has 0 radical (unpaired) electrons. The van der Waals surface area contributed by atoms with Gasteiger partial charge in [0, 0.05) is 19.3 Å². The molecule has 0 rings (SSSR count). The van der Waals surface area contributed by atoms with Crippen LogP contribution in [0.4, 0.5) is 0 Å². The van der Waals surface area contributed by atoms with Crippen LogP contribution in [0.25, 0.3) is 0 Å². The second-order valence-electron chi connectivity index (χ2n) is 19.6. The first-order valence-electron chi connectivity index (χ1n) is 29.0. The first-order chi connectivity index (χ1) is 32.5. The SMILES string of the molecule is CCCCCCCC/C=C/C/C=C/CCC(=O)OCC(COC(=O)CCCCCCCCCCCCCCCCCCCC)OC(=O)CCCCCCCCC/C=C/CCCCCCCC. The van der Waals surface area contributed by atoms with Crippen LogP contribution >= 0.6 is 0 Å². The zero-order chi connectivity index (χ0) is 47.9. The summed E-state index contributed by atoms with van der Waals surface area (Å²) >= 11 is 0. The summed E-state index contributed by atoms with van der Waals surface area (Å²) in [7, 11) is 0. The molecular formula is C60H110O6. The molecule has 0 heterocycles. The molecule has 0 aliphatic heterocycles. The largest absolute Gasteiger partial charge is 0.462 e. The van der Waals surface area contributed by atoms with E-state index < -0.39 is 6.10 Å². The van der Waals surface area contributed by atoms with E-state index in [0.29, 0.717) is 19.3 Å². The smallest absolute Gasteiger partial charge is 0.306 e. The summed E-state index contributed by atoms with van der Waals surface area (Å²) in [5.41, 5.74) is 0. The summed E-state index contributed by atoms with van der Waals surface area (Å²) in [6, 6.07) is 0. The van der Waals surface area contributed by atoms with Crippen molar-refractivity contribution >= 4 is 17.9 Å². The van der Waals surface area contributed by atoms with Crippen LogP contribution in [-0.2, 0) is 28.6 Å². The number of esters is 3. The van der Waals surface area contributed by atoms with Gasteiger partial charge in [-0.2, -0.15) is 0 Å². The zero-order valence-corrected chi connectivity index (χ0v) is 44.2. The minimum Gasteiger partial charge on any atom is -0.462 e. The maximum atomic E-state index is 12.8. The molecule has 6 nitrogen and oxygen atoms in total. The highest BCUT2D eigenvalue weighted by molar-refractivity contribution is 5.71. The van der Waals surface area contributed by atoms with E-state index in [2.05, 4.69) is 51.2 Å². The Bertz CT molecular complexity index is 1110. The number of unbranched alkanes of at least 4 members (excludes halogenated alkanes) is 36. The van der Waals surface area contributed by atoms with Crippen molar-refractivity contribution in [3.8, 4) is 0 Å². The quantitative estimate of drug-likeness (QED) is 0.0262. The molecule has 0 bridgehead atoms. The van der Waals surface area contributed by atoms with Crippen molar-refractivity contribution in [2.75, 3.05) is 13.2 Å². The topological polar surface area (TPSA) is 78.9 Å². The fraction of sp³-hybridized carbons (Fsp3) is 0.850. The van der Waals surface area contributed by atoms with Gasteiger partial charge in [-0.05, 0) is 64.2 Å². The maximum absolute atomic E-state index is 12.8. The molecule has 0 saturated heterocycles. The Labute approximate surface area is 410 Å². The normalized spacial score (nSPS) is 12.2. The maximum Gasteiger partial charge on any atom is 0.306 e. The molecule has 0 aromatic rings. The average Bonchev–Trinajstić information content (AvgIpc) is 3.31. The van der Waals surface area contributed by atoms with E-state index in [9.17, 15) is 14.4 Å². The van der Waals surface area contributed by atoms with Crippen molar-refractivity contribution in [2.24, 2.45) is 0 Å². The van der Waals surface area contributed by atoms with Crippen molar-refractivity contribution < 1.29 is 28.6 Å². The fourth-order valence-corrected chi connectivity index (χ4v) is 8.49. The number of rotatable bonds is 53. The molecule has 0 spiro atoms. The van der Waals surface area contributed by atoms with Crippen LogP contribution in [-0.4, -0.2) is 37.2 Å². The highest BCUT2D eigenvalue weighted by Gasteiger charge is 2.19. The first kappa shape index (κ1) is 63.6. The lowest BCUT2D eigenvalue weighted by Crippen LogP contribution is -2.30. The third-order valence-electron chi connectivity index (χ3n) is 12.9. The summed E-state index contributed by atoms with van der Waals surface area (Å²) in [6.07, 6.45) is 65.8. The van der Waals surface area contributed by atoms with E-state index >= 15 is 0 Å². The molecule has 0 amide bonds. The number of allylic oxidation sites excluding steroid dienone is 6. The molecule has 0 saturated carbocycles. The Balaban J connectivity index is 4.37. The lowest BCUT2D eigenvalue weighted by molar-refractivity contribution is -0.166. The zero-order valence-electron chi connectivity index (χ0n) is 44.2. The highest BCUT2D eigenvalue weighted by atomic mass is 16.6. The second-order valence-corrected chi connectivity index (χ2v) is 19.6. The molecule has 66 heavy (non-hydrogen) atoms. The molecule has 0 aromatic carbocycles. The van der Waals surface area contributed by atoms with Gasteiger partial charge in [-0.1, -0.05) is 263 Å². The summed E-state index contributed by atoms with van der Waals surface area (Å²) < 4.78 is 16.8. The molecular weight excluding hydrogens is 817 g/mol. The van der Waals surface area contributed by atoms with Crippen molar-refractivity contribution in [1.82, 2.24) is 0 Å². The van der Waals surface area contributed by atoms with Gasteiger partial charge in [0.2, 0.25) is 0 Å². The predicted molar refractivity (Wildman–Crippen MR) is 284 cm³/mol. The Morgan fingerprint density at radius 1 is 0.303 bits per heavy atom. The van der Waals surface area contributed by atoms with Crippen molar-refractivity contribution in [1.29, 1.82) is 0 Å². The summed E-state index contributed by atoms with van der Waals surface area (Å²) in [4.78, 5) is 38.1. The molecule has 0 aliphatic rings. The van der Waals surface area contributed by atoms with Gasteiger partial charge in [-0.25, -0.2) is 0 Å². The Morgan fingerprint density at radius 3 is 0.939 bits per heavy atom. The Kier molecular flexibility index (Phi) is 53.2. The Hall–Kier alpha value is -2.37. The van der Waals surface area contributed by atoms with Crippen molar-refractivity contribution in [2.45, 2.75) is 316 Å². The van der Waals surface area contributed by atoms with E-state index in [1.54, 1.807) is 0 Å². The van der Waals surface area contributed by atoms with Gasteiger partial charge >= 0.3 is 17.9 Å². The van der Waals surface area contributed by atoms with Gasteiger partial charge in [0.15, 0.2) is 6.10 Å². The second kappa shape index (κ2) is 55.2. The molecule has 0 N–H and O–H groups in total. The summed E-state index contributed by atoms with van der Waals surface area (Å²) in [5, 5.41) is 0. The van der Waals surface area contributed by atoms with Crippen LogP contribution in [0.5, 0.6) is 0 Å². The number of hydrogen-bond donors (Lipinski definition) is 0. The monoisotopic (exact) mass is 927 g/mol. The van der Waals surface area contributed by atoms with Gasteiger partial charge in [0.25, 0.3) is 0 Å². The molecule has 1 atom stereocenters. The van der Waals surface area contributed by atoms with Gasteiger partial charge in [-0.3, -0.25) is 14.4 Å². The Morgan fingerprint density at radius 2 is 0.576 bits per heavy atom. The van der Waals surface area contributed by atoms with E-state index in [0.717, 1.165) is 51.4 Å². The molecule has 0 aromatic heterocycles. The molecule has 1 unspecified atom stereocenters. The van der Waals surface area contributed by atoms with E-state index in [1.807, 2.05) is 6.08 Å². The molecule has 6 heteroatoms. The van der Waals surface area contributed by atoms with Gasteiger partial charge < -0.3 is 14.2 Å². The van der Waals surface area contributed by atoms with Crippen LogP contribution in [0, 0.1) is 0 Å². The standard InChI is InChI=1S/C60H110O6/c1-4-7-10-13-16-19-22-25-27-29-31-32-35-38-41-44-47-50-53-59(62)65-56-57(55-64-58(61)52-49-46-43-40-37-34-24-21-18-15-12-9-6-3)66-60(63)54-51-48-45-42-39-36-33-30-28-26-23-20-17-14-11-8-5-2/h26,28,34,37,43,46,57H,4-25,27,29-33,35-36,38-42,44-45,47-56H2,1-3H3/b28-26+,37-34+,46-43+. The van der Waals surface area contributed by atoms with Crippen LogP contribution in [0.3, 0.4) is 0 Å². The summed E-state index contributed by atoms with van der Waals surface area (Å²) in [6.45, 7) is 6.61. The van der Waals surface area contributed by atoms with Crippen molar-refractivity contribution in [3.05, 3.63) is 36.5 Å². The van der Waals surface area contributed by atoms with Crippen LogP contribution in [0.15, 0.2) is 36.5 Å². The predicted octanol–water partition coefficient (Wildman–Crippen LogP) is 19.3. The molecule has 386 valence electrons.